The third-order valence-corrected chi connectivity index (χ3v) is 3.37. The molecule has 1 heterocycles. The van der Waals surface area contributed by atoms with E-state index in [-0.39, 0.29) is 0 Å². The normalized spacial score (nSPS) is 10.2. The van der Waals surface area contributed by atoms with Gasteiger partial charge in [0.2, 0.25) is 0 Å². The topological polar surface area (TPSA) is 74.4 Å². The minimum Gasteiger partial charge on any atom is -0.486 e. The van der Waals surface area contributed by atoms with E-state index in [1.54, 1.807) is 12.1 Å². The number of anilines is 1. The van der Waals surface area contributed by atoms with Crippen LogP contribution in [0.3, 0.4) is 0 Å². The van der Waals surface area contributed by atoms with Crippen LogP contribution in [0.4, 0.5) is 5.69 Å². The van der Waals surface area contributed by atoms with Crippen LogP contribution in [0.25, 0.3) is 0 Å². The average Bonchev–Trinajstić information content (AvgIpc) is 2.82. The highest BCUT2D eigenvalue weighted by Crippen LogP contribution is 2.23. The summed E-state index contributed by atoms with van der Waals surface area (Å²) >= 11 is 1.51. The van der Waals surface area contributed by atoms with Crippen LogP contribution in [-0.2, 0) is 11.3 Å². The van der Waals surface area contributed by atoms with E-state index < -0.39 is 5.97 Å². The number of aromatic nitrogens is 1. The van der Waals surface area contributed by atoms with Crippen LogP contribution >= 0.6 is 11.3 Å². The highest BCUT2D eigenvalue weighted by Gasteiger charge is 2.14. The summed E-state index contributed by atoms with van der Waals surface area (Å²) in [5, 5.41) is 2.80. The molecule has 2 rings (SSSR count). The number of aryl methyl sites for hydroxylation is 1. The molecule has 0 unspecified atom stereocenters. The van der Waals surface area contributed by atoms with E-state index in [9.17, 15) is 4.79 Å². The molecular formula is C13H14N2O3S. The molecule has 0 amide bonds. The Balaban J connectivity index is 2.17. The van der Waals surface area contributed by atoms with Crippen molar-refractivity contribution in [1.29, 1.82) is 0 Å². The van der Waals surface area contributed by atoms with E-state index in [1.807, 2.05) is 12.3 Å². The minimum absolute atomic E-state index is 0.312. The molecular weight excluding hydrogens is 264 g/mol. The van der Waals surface area contributed by atoms with Crippen LogP contribution in [0.1, 0.15) is 21.1 Å². The summed E-state index contributed by atoms with van der Waals surface area (Å²) in [5.41, 5.74) is 7.41. The van der Waals surface area contributed by atoms with Crippen molar-refractivity contribution in [3.8, 4) is 5.75 Å². The second kappa shape index (κ2) is 5.71. The van der Waals surface area contributed by atoms with Crippen LogP contribution in [-0.4, -0.2) is 18.1 Å². The number of methoxy groups -OCH3 is 1. The van der Waals surface area contributed by atoms with Gasteiger partial charge in [-0.25, -0.2) is 9.78 Å². The number of rotatable bonds is 4. The zero-order chi connectivity index (χ0) is 13.8. The Bertz CT molecular complexity index is 595. The Hall–Kier alpha value is -2.08. The summed E-state index contributed by atoms with van der Waals surface area (Å²) in [6, 6.07) is 4.87. The van der Waals surface area contributed by atoms with Gasteiger partial charge in [0.05, 0.1) is 7.11 Å². The molecule has 2 N–H and O–H groups in total. The first-order valence-corrected chi connectivity index (χ1v) is 6.49. The molecule has 0 radical (unpaired) electrons. The molecule has 0 spiro atoms. The SMILES string of the molecule is COC(=O)c1cc(N)ccc1OCc1nc(C)cs1. The molecule has 19 heavy (non-hydrogen) atoms. The van der Waals surface area contributed by atoms with Crippen molar-refractivity contribution < 1.29 is 14.3 Å². The molecule has 1 aromatic carbocycles. The van der Waals surface area contributed by atoms with Gasteiger partial charge in [0.15, 0.2) is 0 Å². The van der Waals surface area contributed by atoms with Crippen LogP contribution in [0.2, 0.25) is 0 Å². The van der Waals surface area contributed by atoms with Crippen molar-refractivity contribution in [3.05, 3.63) is 39.8 Å². The molecule has 0 aliphatic rings. The number of ether oxygens (including phenoxy) is 2. The zero-order valence-electron chi connectivity index (χ0n) is 10.7. The van der Waals surface area contributed by atoms with Gasteiger partial charge in [-0.3, -0.25) is 0 Å². The van der Waals surface area contributed by atoms with Gasteiger partial charge in [0.1, 0.15) is 22.9 Å². The largest absolute Gasteiger partial charge is 0.486 e. The van der Waals surface area contributed by atoms with Crippen molar-refractivity contribution >= 4 is 23.0 Å². The number of benzene rings is 1. The molecule has 0 aliphatic carbocycles. The maximum atomic E-state index is 11.6. The van der Waals surface area contributed by atoms with Crippen LogP contribution in [0, 0.1) is 6.92 Å². The predicted molar refractivity (Wildman–Crippen MR) is 73.4 cm³/mol. The van der Waals surface area contributed by atoms with Crippen LogP contribution in [0.15, 0.2) is 23.6 Å². The first-order chi connectivity index (χ1) is 9.10. The number of esters is 1. The van der Waals surface area contributed by atoms with Crippen molar-refractivity contribution in [2.45, 2.75) is 13.5 Å². The van der Waals surface area contributed by atoms with Gasteiger partial charge in [-0.05, 0) is 25.1 Å². The predicted octanol–water partition coefficient (Wildman–Crippen LogP) is 2.40. The first kappa shape index (κ1) is 13.4. The highest BCUT2D eigenvalue weighted by atomic mass is 32.1. The van der Waals surface area contributed by atoms with Gasteiger partial charge in [0.25, 0.3) is 0 Å². The second-order valence-electron chi connectivity index (χ2n) is 3.92. The maximum absolute atomic E-state index is 11.6. The Morgan fingerprint density at radius 1 is 1.47 bits per heavy atom. The van der Waals surface area contributed by atoms with E-state index in [4.69, 9.17) is 15.2 Å². The van der Waals surface area contributed by atoms with E-state index in [2.05, 4.69) is 4.98 Å². The fourth-order valence-electron chi connectivity index (χ4n) is 1.55. The lowest BCUT2D eigenvalue weighted by Gasteiger charge is -2.09. The number of carbonyl (C=O) groups is 1. The third kappa shape index (κ3) is 3.23. The average molecular weight is 278 g/mol. The highest BCUT2D eigenvalue weighted by molar-refractivity contribution is 7.09. The summed E-state index contributed by atoms with van der Waals surface area (Å²) < 4.78 is 10.3. The number of hydrogen-bond donors (Lipinski definition) is 1. The lowest BCUT2D eigenvalue weighted by Crippen LogP contribution is -2.06. The maximum Gasteiger partial charge on any atom is 0.341 e. The lowest BCUT2D eigenvalue weighted by atomic mass is 10.2. The van der Waals surface area contributed by atoms with Crippen molar-refractivity contribution in [2.24, 2.45) is 0 Å². The number of hydrogen-bond acceptors (Lipinski definition) is 6. The van der Waals surface area contributed by atoms with Crippen LogP contribution < -0.4 is 10.5 Å². The van der Waals surface area contributed by atoms with Gasteiger partial charge in [-0.1, -0.05) is 0 Å². The molecule has 1 aromatic heterocycles. The summed E-state index contributed by atoms with van der Waals surface area (Å²) in [4.78, 5) is 15.9. The van der Waals surface area contributed by atoms with Crippen molar-refractivity contribution in [2.75, 3.05) is 12.8 Å². The summed E-state index contributed by atoms with van der Waals surface area (Å²) in [5.74, 6) is -0.0356. The fourth-order valence-corrected chi connectivity index (χ4v) is 2.23. The van der Waals surface area contributed by atoms with Gasteiger partial charge < -0.3 is 15.2 Å². The monoisotopic (exact) mass is 278 g/mol. The van der Waals surface area contributed by atoms with Gasteiger partial charge >= 0.3 is 5.97 Å². The molecule has 0 fully saturated rings. The van der Waals surface area contributed by atoms with Crippen LogP contribution in [0.5, 0.6) is 5.75 Å². The molecule has 0 atom stereocenters. The molecule has 0 aliphatic heterocycles. The Morgan fingerprint density at radius 2 is 2.26 bits per heavy atom. The van der Waals surface area contributed by atoms with Crippen molar-refractivity contribution in [1.82, 2.24) is 4.98 Å². The Labute approximate surface area is 115 Å². The Kier molecular flexibility index (Phi) is 4.01. The summed E-state index contributed by atoms with van der Waals surface area (Å²) in [6.45, 7) is 2.23. The zero-order valence-corrected chi connectivity index (χ0v) is 11.5. The molecule has 0 saturated heterocycles. The van der Waals surface area contributed by atoms with E-state index in [0.29, 0.717) is 23.6 Å². The molecule has 0 saturated carbocycles. The van der Waals surface area contributed by atoms with Gasteiger partial charge in [0, 0.05) is 16.8 Å². The molecule has 2 aromatic rings. The molecule has 5 nitrogen and oxygen atoms in total. The summed E-state index contributed by atoms with van der Waals surface area (Å²) in [6.07, 6.45) is 0. The van der Waals surface area contributed by atoms with Gasteiger partial charge in [-0.15, -0.1) is 11.3 Å². The third-order valence-electron chi connectivity index (χ3n) is 2.43. The second-order valence-corrected chi connectivity index (χ2v) is 4.86. The van der Waals surface area contributed by atoms with E-state index in [1.165, 1.54) is 24.5 Å². The number of nitrogen functional groups attached to an aromatic ring is 1. The number of thiazole rings is 1. The Morgan fingerprint density at radius 3 is 2.89 bits per heavy atom. The smallest absolute Gasteiger partial charge is 0.341 e. The van der Waals surface area contributed by atoms with Crippen molar-refractivity contribution in [3.63, 3.8) is 0 Å². The number of carbonyl (C=O) groups excluding carboxylic acids is 1. The fraction of sp³-hybridized carbons (Fsp3) is 0.231. The molecule has 100 valence electrons. The molecule has 6 heteroatoms. The molecule has 0 bridgehead atoms. The first-order valence-electron chi connectivity index (χ1n) is 5.62. The quantitative estimate of drug-likeness (QED) is 0.686. The van der Waals surface area contributed by atoms with Gasteiger partial charge in [-0.2, -0.15) is 0 Å². The minimum atomic E-state index is -0.474. The summed E-state index contributed by atoms with van der Waals surface area (Å²) in [7, 11) is 1.32. The number of nitrogens with two attached hydrogens (primary N) is 1. The lowest BCUT2D eigenvalue weighted by molar-refractivity contribution is 0.0595. The standard InChI is InChI=1S/C13H14N2O3S/c1-8-7-19-12(15-8)6-18-11-4-3-9(14)5-10(11)13(16)17-2/h3-5,7H,6,14H2,1-2H3. The van der Waals surface area contributed by atoms with E-state index >= 15 is 0 Å². The van der Waals surface area contributed by atoms with E-state index in [0.717, 1.165) is 10.7 Å². The number of nitrogens with zero attached hydrogens (tertiary/aromatic N) is 1.